The fraction of sp³-hybridized carbons (Fsp3) is 0.696. The van der Waals surface area contributed by atoms with E-state index in [1.54, 1.807) is 6.07 Å². The maximum atomic E-state index is 14.2. The lowest BCUT2D eigenvalue weighted by Crippen LogP contribution is -2.36. The summed E-state index contributed by atoms with van der Waals surface area (Å²) in [5.41, 5.74) is 0.0445. The Balaban J connectivity index is 1.13. The van der Waals surface area contributed by atoms with Crippen molar-refractivity contribution in [2.75, 3.05) is 26.2 Å². The lowest BCUT2D eigenvalue weighted by Gasteiger charge is -2.32. The zero-order chi connectivity index (χ0) is 22.0. The number of rotatable bonds is 9. The summed E-state index contributed by atoms with van der Waals surface area (Å²) in [6.07, 6.45) is 1.07. The smallest absolute Gasteiger partial charge is 0.390 e. The Hall–Kier alpha value is -1.83. The normalized spacial score (nSPS) is 24.8. The zero-order valence-electron chi connectivity index (χ0n) is 17.6. The molecule has 0 aromatic heterocycles. The van der Waals surface area contributed by atoms with Gasteiger partial charge in [0.15, 0.2) is 0 Å². The van der Waals surface area contributed by atoms with Gasteiger partial charge in [-0.15, -0.1) is 0 Å². The van der Waals surface area contributed by atoms with Crippen molar-refractivity contribution in [1.82, 2.24) is 10.2 Å². The molecule has 3 fully saturated rings. The van der Waals surface area contributed by atoms with E-state index in [4.69, 9.17) is 4.74 Å². The van der Waals surface area contributed by atoms with Crippen molar-refractivity contribution in [2.45, 2.75) is 57.2 Å². The molecule has 1 aliphatic heterocycles. The Morgan fingerprint density at radius 3 is 2.55 bits per heavy atom. The number of carbonyl (C=O) groups is 1. The summed E-state index contributed by atoms with van der Waals surface area (Å²) >= 11 is 0. The molecule has 1 N–H and O–H groups in total. The molecule has 1 saturated heterocycles. The Labute approximate surface area is 180 Å². The van der Waals surface area contributed by atoms with Crippen LogP contribution in [0.5, 0.6) is 5.75 Å². The largest absolute Gasteiger partial charge is 0.493 e. The summed E-state index contributed by atoms with van der Waals surface area (Å²) in [5, 5.41) is 2.78. The molecule has 31 heavy (non-hydrogen) atoms. The number of ether oxygens (including phenoxy) is 1. The van der Waals surface area contributed by atoms with Crippen molar-refractivity contribution in [3.8, 4) is 5.75 Å². The van der Waals surface area contributed by atoms with Gasteiger partial charge in [0.2, 0.25) is 0 Å². The number of likely N-dealkylation sites (tertiary alicyclic amines) is 1. The predicted octanol–water partition coefficient (Wildman–Crippen LogP) is 4.79. The van der Waals surface area contributed by atoms with E-state index in [1.807, 2.05) is 4.90 Å². The molecule has 1 aromatic carbocycles. The topological polar surface area (TPSA) is 41.6 Å². The second kappa shape index (κ2) is 9.35. The van der Waals surface area contributed by atoms with Crippen LogP contribution >= 0.6 is 0 Å². The van der Waals surface area contributed by atoms with Crippen molar-refractivity contribution < 1.29 is 27.1 Å². The number of hydrogen-bond acceptors (Lipinski definition) is 3. The van der Waals surface area contributed by atoms with Crippen LogP contribution in [0, 0.1) is 23.6 Å². The predicted molar refractivity (Wildman–Crippen MR) is 108 cm³/mol. The molecular weight excluding hydrogens is 412 g/mol. The summed E-state index contributed by atoms with van der Waals surface area (Å²) in [5.74, 6) is 1.29. The quantitative estimate of drug-likeness (QED) is 0.560. The Morgan fingerprint density at radius 1 is 1.16 bits per heavy atom. The number of benzene rings is 1. The second-order valence-electron chi connectivity index (χ2n) is 9.23. The first-order chi connectivity index (χ1) is 14.8. The summed E-state index contributed by atoms with van der Waals surface area (Å²) in [6.45, 7) is 2.11. The molecule has 8 heteroatoms. The molecule has 2 saturated carbocycles. The lowest BCUT2D eigenvalue weighted by atomic mass is 9.90. The minimum absolute atomic E-state index is 0.0445. The maximum Gasteiger partial charge on any atom is 0.390 e. The third-order valence-electron chi connectivity index (χ3n) is 6.78. The highest BCUT2D eigenvalue weighted by molar-refractivity contribution is 5.95. The van der Waals surface area contributed by atoms with Crippen LogP contribution in [-0.4, -0.2) is 49.3 Å². The van der Waals surface area contributed by atoms with Crippen LogP contribution in [0.4, 0.5) is 17.6 Å². The van der Waals surface area contributed by atoms with Gasteiger partial charge in [0.05, 0.1) is 18.6 Å². The number of carbonyl (C=O) groups excluding carboxylic acids is 1. The fourth-order valence-electron chi connectivity index (χ4n) is 4.66. The van der Waals surface area contributed by atoms with Crippen LogP contribution in [0.2, 0.25) is 0 Å². The van der Waals surface area contributed by atoms with E-state index < -0.39 is 18.4 Å². The van der Waals surface area contributed by atoms with Crippen LogP contribution in [0.25, 0.3) is 0 Å². The van der Waals surface area contributed by atoms with Crippen LogP contribution < -0.4 is 10.1 Å². The monoisotopic (exact) mass is 442 g/mol. The molecule has 4 nitrogen and oxygen atoms in total. The van der Waals surface area contributed by atoms with Crippen molar-refractivity contribution in [1.29, 1.82) is 0 Å². The zero-order valence-corrected chi connectivity index (χ0v) is 17.6. The number of piperidine rings is 1. The van der Waals surface area contributed by atoms with Crippen LogP contribution in [0.1, 0.15) is 55.3 Å². The molecule has 1 amide bonds. The Kier molecular flexibility index (Phi) is 6.74. The Morgan fingerprint density at radius 2 is 1.90 bits per heavy atom. The third-order valence-corrected chi connectivity index (χ3v) is 6.78. The second-order valence-corrected chi connectivity index (χ2v) is 9.23. The first kappa shape index (κ1) is 22.4. The van der Waals surface area contributed by atoms with Crippen molar-refractivity contribution >= 4 is 5.91 Å². The van der Waals surface area contributed by atoms with Crippen LogP contribution in [0.3, 0.4) is 0 Å². The molecule has 2 atom stereocenters. The molecule has 2 aliphatic carbocycles. The summed E-state index contributed by atoms with van der Waals surface area (Å²) in [4.78, 5) is 13.9. The van der Waals surface area contributed by atoms with Gasteiger partial charge < -0.3 is 15.0 Å². The molecule has 0 bridgehead atoms. The number of nitrogens with zero attached hydrogens (tertiary/aromatic N) is 1. The summed E-state index contributed by atoms with van der Waals surface area (Å²) in [6, 6.07) is 4.55. The van der Waals surface area contributed by atoms with E-state index in [0.717, 1.165) is 51.6 Å². The number of hydrogen-bond donors (Lipinski definition) is 1. The molecule has 0 spiro atoms. The molecule has 4 rings (SSSR count). The van der Waals surface area contributed by atoms with Gasteiger partial charge in [0.1, 0.15) is 11.6 Å². The lowest BCUT2D eigenvalue weighted by molar-refractivity contribution is -0.138. The molecule has 2 unspecified atom stereocenters. The van der Waals surface area contributed by atoms with E-state index in [0.29, 0.717) is 30.1 Å². The van der Waals surface area contributed by atoms with E-state index in [-0.39, 0.29) is 24.1 Å². The number of alkyl halides is 3. The summed E-state index contributed by atoms with van der Waals surface area (Å²) in [7, 11) is 0. The van der Waals surface area contributed by atoms with Gasteiger partial charge >= 0.3 is 6.18 Å². The maximum absolute atomic E-state index is 14.2. The van der Waals surface area contributed by atoms with E-state index in [1.165, 1.54) is 12.1 Å². The van der Waals surface area contributed by atoms with E-state index in [2.05, 4.69) is 5.32 Å². The number of halogens is 4. The van der Waals surface area contributed by atoms with Crippen LogP contribution in [0.15, 0.2) is 18.2 Å². The summed E-state index contributed by atoms with van der Waals surface area (Å²) < 4.78 is 57.0. The molecular formula is C23H30F4N2O2. The standard InChI is InChI=1S/C23H30F4N2O2/c24-21-14-18(3-4-19(21)22(30)28-17-1-2-17)31-12-7-16-13-20(16)15-5-9-29(10-6-15)11-8-23(25,26)27/h3-4,14-17,20H,1-2,5-13H2,(H,28,30). The molecule has 1 heterocycles. The van der Waals surface area contributed by atoms with Crippen molar-refractivity contribution in [2.24, 2.45) is 17.8 Å². The van der Waals surface area contributed by atoms with Crippen LogP contribution in [-0.2, 0) is 0 Å². The average Bonchev–Trinajstić information content (AvgIpc) is 3.63. The third kappa shape index (κ3) is 6.57. The first-order valence-corrected chi connectivity index (χ1v) is 11.3. The molecule has 172 valence electrons. The number of nitrogens with one attached hydrogen (secondary N) is 1. The first-order valence-electron chi connectivity index (χ1n) is 11.3. The van der Waals surface area contributed by atoms with E-state index >= 15 is 0 Å². The highest BCUT2D eigenvalue weighted by Crippen LogP contribution is 2.49. The molecule has 3 aliphatic rings. The van der Waals surface area contributed by atoms with Gasteiger partial charge in [0, 0.05) is 18.7 Å². The number of amides is 1. The van der Waals surface area contributed by atoms with Gasteiger partial charge in [-0.2, -0.15) is 13.2 Å². The van der Waals surface area contributed by atoms with Crippen molar-refractivity contribution in [3.63, 3.8) is 0 Å². The highest BCUT2D eigenvalue weighted by atomic mass is 19.4. The average molecular weight is 442 g/mol. The van der Waals surface area contributed by atoms with Gasteiger partial charge in [-0.25, -0.2) is 4.39 Å². The van der Waals surface area contributed by atoms with Gasteiger partial charge in [0.25, 0.3) is 5.91 Å². The molecule has 0 radical (unpaired) electrons. The minimum atomic E-state index is -4.08. The van der Waals surface area contributed by atoms with Crippen molar-refractivity contribution in [3.05, 3.63) is 29.6 Å². The van der Waals surface area contributed by atoms with Gasteiger partial charge in [-0.3, -0.25) is 4.79 Å². The van der Waals surface area contributed by atoms with E-state index in [9.17, 15) is 22.4 Å². The van der Waals surface area contributed by atoms with Gasteiger partial charge in [-0.1, -0.05) is 0 Å². The minimum Gasteiger partial charge on any atom is -0.493 e. The highest BCUT2D eigenvalue weighted by Gasteiger charge is 2.43. The fourth-order valence-corrected chi connectivity index (χ4v) is 4.66. The SMILES string of the molecule is O=C(NC1CC1)c1ccc(OCCC2CC2C2CCN(CCC(F)(F)F)CC2)cc1F. The molecule has 1 aromatic rings. The Bertz CT molecular complexity index is 773. The van der Waals surface area contributed by atoms with Gasteiger partial charge in [-0.05, 0) is 81.5 Å².